The largest absolute Gasteiger partial charge is 0.395 e. The smallest absolute Gasteiger partial charge is 0.243 e. The fourth-order valence-corrected chi connectivity index (χ4v) is 3.77. The Kier molecular flexibility index (Phi) is 6.07. The van der Waals surface area contributed by atoms with E-state index in [2.05, 4.69) is 0 Å². The monoisotopic (exact) mass is 316 g/mol. The molecule has 0 aromatic heterocycles. The van der Waals surface area contributed by atoms with Crippen LogP contribution in [0, 0.1) is 6.92 Å². The molecular formula is C13H20N2O3S2. The lowest BCUT2D eigenvalue weighted by atomic mass is 10.1. The van der Waals surface area contributed by atoms with Crippen LogP contribution in [0.15, 0.2) is 23.1 Å². The summed E-state index contributed by atoms with van der Waals surface area (Å²) in [6, 6.07) is 4.67. The molecular weight excluding hydrogens is 296 g/mol. The third-order valence-corrected chi connectivity index (χ3v) is 5.04. The molecule has 0 aliphatic rings. The van der Waals surface area contributed by atoms with Gasteiger partial charge in [-0.15, -0.1) is 0 Å². The van der Waals surface area contributed by atoms with E-state index in [9.17, 15) is 8.42 Å². The molecule has 3 N–H and O–H groups in total. The summed E-state index contributed by atoms with van der Waals surface area (Å²) in [5, 5.41) is 9.01. The van der Waals surface area contributed by atoms with E-state index in [1.54, 1.807) is 19.1 Å². The zero-order valence-corrected chi connectivity index (χ0v) is 13.3. The van der Waals surface area contributed by atoms with Crippen LogP contribution in [-0.4, -0.2) is 42.5 Å². The summed E-state index contributed by atoms with van der Waals surface area (Å²) in [5.74, 6) is 0. The van der Waals surface area contributed by atoms with Crippen molar-refractivity contribution in [2.24, 2.45) is 5.73 Å². The van der Waals surface area contributed by atoms with E-state index in [1.165, 1.54) is 10.4 Å². The second kappa shape index (κ2) is 7.12. The molecule has 0 saturated heterocycles. The van der Waals surface area contributed by atoms with Crippen LogP contribution in [0.1, 0.15) is 24.5 Å². The average molecular weight is 316 g/mol. The lowest BCUT2D eigenvalue weighted by molar-refractivity contribution is 0.253. The molecule has 5 nitrogen and oxygen atoms in total. The highest BCUT2D eigenvalue weighted by Gasteiger charge is 2.23. The highest BCUT2D eigenvalue weighted by atomic mass is 32.2. The first-order chi connectivity index (χ1) is 9.34. The van der Waals surface area contributed by atoms with Crippen molar-refractivity contribution in [1.82, 2.24) is 4.31 Å². The van der Waals surface area contributed by atoms with Crippen molar-refractivity contribution in [2.75, 3.05) is 19.7 Å². The number of aryl methyl sites for hydroxylation is 1. The summed E-state index contributed by atoms with van der Waals surface area (Å²) >= 11 is 4.91. The lowest BCUT2D eigenvalue weighted by Gasteiger charge is -2.21. The molecule has 112 valence electrons. The first-order valence-corrected chi connectivity index (χ1v) is 8.20. The van der Waals surface area contributed by atoms with Crippen LogP contribution in [0.2, 0.25) is 0 Å². The number of benzene rings is 1. The van der Waals surface area contributed by atoms with Crippen LogP contribution in [0.3, 0.4) is 0 Å². The van der Waals surface area contributed by atoms with Crippen molar-refractivity contribution in [3.8, 4) is 0 Å². The maximum atomic E-state index is 12.5. The number of nitrogens with zero attached hydrogens (tertiary/aromatic N) is 1. The van der Waals surface area contributed by atoms with E-state index in [1.807, 2.05) is 6.92 Å². The van der Waals surface area contributed by atoms with Gasteiger partial charge in [-0.3, -0.25) is 0 Å². The Morgan fingerprint density at radius 1 is 1.40 bits per heavy atom. The van der Waals surface area contributed by atoms with E-state index in [0.29, 0.717) is 18.5 Å². The third-order valence-electron chi connectivity index (χ3n) is 2.92. The van der Waals surface area contributed by atoms with Gasteiger partial charge in [0.05, 0.1) is 11.5 Å². The number of rotatable bonds is 7. The number of hydrogen-bond donors (Lipinski definition) is 2. The Morgan fingerprint density at radius 2 is 2.05 bits per heavy atom. The van der Waals surface area contributed by atoms with E-state index in [0.717, 1.165) is 5.56 Å². The number of sulfonamides is 1. The quantitative estimate of drug-likeness (QED) is 0.734. The molecule has 7 heteroatoms. The highest BCUT2D eigenvalue weighted by molar-refractivity contribution is 7.89. The van der Waals surface area contributed by atoms with Crippen LogP contribution in [0.25, 0.3) is 0 Å². The van der Waals surface area contributed by atoms with Crippen LogP contribution >= 0.6 is 12.2 Å². The van der Waals surface area contributed by atoms with Crippen molar-refractivity contribution in [1.29, 1.82) is 0 Å². The second-order valence-corrected chi connectivity index (χ2v) is 6.85. The van der Waals surface area contributed by atoms with Crippen LogP contribution < -0.4 is 5.73 Å². The van der Waals surface area contributed by atoms with Gasteiger partial charge in [0.15, 0.2) is 0 Å². The van der Waals surface area contributed by atoms with E-state index >= 15 is 0 Å². The first kappa shape index (κ1) is 17.0. The number of thiocarbonyl (C=S) groups is 1. The Morgan fingerprint density at radius 3 is 2.50 bits per heavy atom. The summed E-state index contributed by atoms with van der Waals surface area (Å²) in [4.78, 5) is 0.434. The summed E-state index contributed by atoms with van der Waals surface area (Å²) in [7, 11) is -3.60. The molecule has 0 aliphatic heterocycles. The maximum absolute atomic E-state index is 12.5. The molecule has 20 heavy (non-hydrogen) atoms. The topological polar surface area (TPSA) is 83.6 Å². The van der Waals surface area contributed by atoms with Gasteiger partial charge in [0.25, 0.3) is 0 Å². The van der Waals surface area contributed by atoms with Gasteiger partial charge in [0.1, 0.15) is 4.99 Å². The van der Waals surface area contributed by atoms with E-state index in [-0.39, 0.29) is 23.0 Å². The fraction of sp³-hybridized carbons (Fsp3) is 0.462. The maximum Gasteiger partial charge on any atom is 0.243 e. The van der Waals surface area contributed by atoms with Crippen molar-refractivity contribution in [3.05, 3.63) is 29.3 Å². The van der Waals surface area contributed by atoms with E-state index < -0.39 is 10.0 Å². The molecule has 1 aromatic rings. The van der Waals surface area contributed by atoms with Crippen LogP contribution in [0.4, 0.5) is 0 Å². The summed E-state index contributed by atoms with van der Waals surface area (Å²) < 4.78 is 26.3. The molecule has 1 aromatic carbocycles. The molecule has 0 spiro atoms. The minimum atomic E-state index is -3.60. The third kappa shape index (κ3) is 3.76. The van der Waals surface area contributed by atoms with Crippen molar-refractivity contribution in [2.45, 2.75) is 25.2 Å². The van der Waals surface area contributed by atoms with Crippen LogP contribution in [0.5, 0.6) is 0 Å². The number of aliphatic hydroxyl groups excluding tert-OH is 1. The lowest BCUT2D eigenvalue weighted by Crippen LogP contribution is -2.34. The van der Waals surface area contributed by atoms with Crippen molar-refractivity contribution in [3.63, 3.8) is 0 Å². The molecule has 0 radical (unpaired) electrons. The Bertz CT molecular complexity index is 579. The van der Waals surface area contributed by atoms with Crippen molar-refractivity contribution < 1.29 is 13.5 Å². The van der Waals surface area contributed by atoms with Crippen molar-refractivity contribution >= 4 is 27.2 Å². The highest BCUT2D eigenvalue weighted by Crippen LogP contribution is 2.19. The van der Waals surface area contributed by atoms with Crippen LogP contribution in [-0.2, 0) is 10.0 Å². The summed E-state index contributed by atoms with van der Waals surface area (Å²) in [5.41, 5.74) is 6.96. The predicted molar refractivity (Wildman–Crippen MR) is 83.2 cm³/mol. The van der Waals surface area contributed by atoms with Gasteiger partial charge in [-0.1, -0.05) is 25.2 Å². The minimum Gasteiger partial charge on any atom is -0.395 e. The summed E-state index contributed by atoms with van der Waals surface area (Å²) in [6.07, 6.45) is 0.684. The Labute approximate surface area is 125 Å². The average Bonchev–Trinajstić information content (AvgIpc) is 2.37. The minimum absolute atomic E-state index is 0.0896. The Balaban J connectivity index is 3.20. The molecule has 0 saturated carbocycles. The number of hydrogen-bond acceptors (Lipinski definition) is 4. The molecule has 1 rings (SSSR count). The van der Waals surface area contributed by atoms with Gasteiger partial charge < -0.3 is 10.8 Å². The summed E-state index contributed by atoms with van der Waals surface area (Å²) in [6.45, 7) is 3.92. The second-order valence-electron chi connectivity index (χ2n) is 4.47. The fourth-order valence-electron chi connectivity index (χ4n) is 1.94. The normalized spacial score (nSPS) is 11.8. The standard InChI is InChI=1S/C13H20N2O3S2/c1-3-6-15(7-8-16)20(17,18)11-4-5-12(13(14)19)10(2)9-11/h4-5,9,16H,3,6-8H2,1-2H3,(H2,14,19). The molecule has 0 aliphatic carbocycles. The van der Waals surface area contributed by atoms with Gasteiger partial charge in [0, 0.05) is 18.7 Å². The number of nitrogens with two attached hydrogens (primary N) is 1. The Hall–Kier alpha value is -1.02. The molecule has 0 amide bonds. The predicted octanol–water partition coefficient (Wildman–Crippen LogP) is 1.02. The first-order valence-electron chi connectivity index (χ1n) is 6.36. The van der Waals surface area contributed by atoms with Gasteiger partial charge >= 0.3 is 0 Å². The van der Waals surface area contributed by atoms with Gasteiger partial charge in [-0.05, 0) is 31.0 Å². The van der Waals surface area contributed by atoms with Gasteiger partial charge in [-0.25, -0.2) is 8.42 Å². The molecule has 0 heterocycles. The molecule has 0 bridgehead atoms. The zero-order valence-electron chi connectivity index (χ0n) is 11.7. The van der Waals surface area contributed by atoms with Gasteiger partial charge in [0.2, 0.25) is 10.0 Å². The van der Waals surface area contributed by atoms with E-state index in [4.69, 9.17) is 23.1 Å². The zero-order chi connectivity index (χ0) is 15.3. The molecule has 0 unspecified atom stereocenters. The molecule has 0 atom stereocenters. The number of aliphatic hydroxyl groups is 1. The SMILES string of the molecule is CCCN(CCO)S(=O)(=O)c1ccc(C(N)=S)c(C)c1. The van der Waals surface area contributed by atoms with Gasteiger partial charge in [-0.2, -0.15) is 4.31 Å². The molecule has 0 fully saturated rings.